The van der Waals surface area contributed by atoms with Crippen LogP contribution < -0.4 is 31.0 Å². The Morgan fingerprint density at radius 3 is 2.91 bits per heavy atom. The molecule has 4 aromatic rings. The van der Waals surface area contributed by atoms with Crippen LogP contribution in [0.2, 0.25) is 0 Å². The second kappa shape index (κ2) is 9.50. The molecule has 0 spiro atoms. The minimum atomic E-state index is -0.338. The SMILES string of the molecule is COc1cc2c(cc1-n1nc(NCCN(C)C)c3cnc(Nc4ncc[nH]c4=O)cc31)OCCN2. The number of fused-ring (bicyclic) bond motifs is 2. The van der Waals surface area contributed by atoms with Crippen LogP contribution in [0.25, 0.3) is 16.6 Å². The van der Waals surface area contributed by atoms with Crippen molar-refractivity contribution in [2.75, 3.05) is 63.4 Å². The largest absolute Gasteiger partial charge is 0.494 e. The van der Waals surface area contributed by atoms with Crippen LogP contribution in [0, 0.1) is 0 Å². The number of ether oxygens (including phenoxy) is 2. The molecular weight excluding hydrogens is 450 g/mol. The molecule has 182 valence electrons. The Balaban J connectivity index is 1.62. The molecule has 35 heavy (non-hydrogen) atoms. The van der Waals surface area contributed by atoms with Crippen molar-refractivity contribution in [3.63, 3.8) is 0 Å². The van der Waals surface area contributed by atoms with Crippen molar-refractivity contribution < 1.29 is 9.47 Å². The molecule has 12 nitrogen and oxygen atoms in total. The molecule has 0 saturated carbocycles. The third kappa shape index (κ3) is 4.55. The number of rotatable bonds is 8. The predicted octanol–water partition coefficient (Wildman–Crippen LogP) is 2.03. The number of H-pyrrole nitrogens is 1. The third-order valence-electron chi connectivity index (χ3n) is 5.56. The fourth-order valence-electron chi connectivity index (χ4n) is 3.84. The molecule has 0 aliphatic carbocycles. The summed E-state index contributed by atoms with van der Waals surface area (Å²) in [5, 5.41) is 15.4. The van der Waals surface area contributed by atoms with Crippen LogP contribution in [0.5, 0.6) is 11.5 Å². The number of benzene rings is 1. The Kier molecular flexibility index (Phi) is 6.10. The summed E-state index contributed by atoms with van der Waals surface area (Å²) in [5.41, 5.74) is 2.02. The van der Waals surface area contributed by atoms with Crippen molar-refractivity contribution in [2.24, 2.45) is 0 Å². The summed E-state index contributed by atoms with van der Waals surface area (Å²) in [5.74, 6) is 2.66. The number of aromatic nitrogens is 5. The molecular formula is C23H27N9O3. The van der Waals surface area contributed by atoms with Crippen LogP contribution in [0.4, 0.5) is 23.1 Å². The zero-order valence-electron chi connectivity index (χ0n) is 19.8. The normalized spacial score (nSPS) is 12.7. The Labute approximate surface area is 201 Å². The number of aromatic amines is 1. The number of hydrogen-bond acceptors (Lipinski definition) is 10. The van der Waals surface area contributed by atoms with E-state index in [0.29, 0.717) is 36.2 Å². The van der Waals surface area contributed by atoms with E-state index in [0.717, 1.165) is 35.4 Å². The van der Waals surface area contributed by atoms with Crippen molar-refractivity contribution in [2.45, 2.75) is 0 Å². The van der Waals surface area contributed by atoms with E-state index in [1.54, 1.807) is 18.0 Å². The molecule has 0 fully saturated rings. The second-order valence-corrected chi connectivity index (χ2v) is 8.26. The number of nitrogens with zero attached hydrogens (tertiary/aromatic N) is 5. The third-order valence-corrected chi connectivity index (χ3v) is 5.56. The average molecular weight is 478 g/mol. The van der Waals surface area contributed by atoms with Gasteiger partial charge in [0.1, 0.15) is 29.6 Å². The monoisotopic (exact) mass is 477 g/mol. The van der Waals surface area contributed by atoms with Gasteiger partial charge in [-0.1, -0.05) is 0 Å². The number of pyridine rings is 1. The van der Waals surface area contributed by atoms with Crippen molar-refractivity contribution >= 4 is 34.0 Å². The molecule has 1 aliphatic rings. The van der Waals surface area contributed by atoms with Crippen molar-refractivity contribution in [3.05, 3.63) is 47.1 Å². The maximum Gasteiger partial charge on any atom is 0.291 e. The lowest BCUT2D eigenvalue weighted by molar-refractivity contribution is 0.322. The minimum Gasteiger partial charge on any atom is -0.494 e. The first kappa shape index (κ1) is 22.5. The van der Waals surface area contributed by atoms with Crippen LogP contribution in [-0.4, -0.2) is 77.1 Å². The molecule has 1 aliphatic heterocycles. The molecule has 0 amide bonds. The number of anilines is 4. The van der Waals surface area contributed by atoms with E-state index in [2.05, 4.69) is 35.8 Å². The highest BCUT2D eigenvalue weighted by Gasteiger charge is 2.20. The first-order chi connectivity index (χ1) is 17.0. The Morgan fingerprint density at radius 2 is 2.11 bits per heavy atom. The van der Waals surface area contributed by atoms with E-state index in [1.165, 1.54) is 12.4 Å². The van der Waals surface area contributed by atoms with E-state index in [1.807, 2.05) is 32.3 Å². The molecule has 4 N–H and O–H groups in total. The van der Waals surface area contributed by atoms with Gasteiger partial charge < -0.3 is 35.3 Å². The Hall–Kier alpha value is -4.32. The van der Waals surface area contributed by atoms with Gasteiger partial charge in [0.15, 0.2) is 11.6 Å². The topological polar surface area (TPSA) is 134 Å². The van der Waals surface area contributed by atoms with Crippen LogP contribution in [0.3, 0.4) is 0 Å². The van der Waals surface area contributed by atoms with E-state index in [-0.39, 0.29) is 11.4 Å². The van der Waals surface area contributed by atoms with Crippen LogP contribution >= 0.6 is 0 Å². The summed E-state index contributed by atoms with van der Waals surface area (Å²) >= 11 is 0. The molecule has 0 unspecified atom stereocenters. The van der Waals surface area contributed by atoms with Gasteiger partial charge in [0.05, 0.1) is 23.7 Å². The summed E-state index contributed by atoms with van der Waals surface area (Å²) in [6.45, 7) is 2.85. The lowest BCUT2D eigenvalue weighted by atomic mass is 10.2. The number of nitrogens with one attached hydrogen (secondary N) is 4. The van der Waals surface area contributed by atoms with Crippen LogP contribution in [0.1, 0.15) is 0 Å². The lowest BCUT2D eigenvalue weighted by Gasteiger charge is -2.21. The molecule has 0 radical (unpaired) electrons. The van der Waals surface area contributed by atoms with Crippen LogP contribution in [0.15, 0.2) is 41.6 Å². The summed E-state index contributed by atoms with van der Waals surface area (Å²) in [4.78, 5) is 25.4. The highest BCUT2D eigenvalue weighted by molar-refractivity contribution is 5.93. The Bertz CT molecular complexity index is 1410. The molecule has 12 heteroatoms. The minimum absolute atomic E-state index is 0.153. The summed E-state index contributed by atoms with van der Waals surface area (Å²) in [6, 6.07) is 5.64. The molecule has 5 rings (SSSR count). The van der Waals surface area contributed by atoms with E-state index < -0.39 is 0 Å². The van der Waals surface area contributed by atoms with E-state index in [9.17, 15) is 4.79 Å². The molecule has 3 aromatic heterocycles. The van der Waals surface area contributed by atoms with Crippen LogP contribution in [-0.2, 0) is 0 Å². The molecule has 0 atom stereocenters. The first-order valence-corrected chi connectivity index (χ1v) is 11.2. The standard InChI is InChI=1S/C23H27N9O3/c1-31(2)8-6-26-21-14-13-28-20(29-22-23(33)27-5-4-25-22)12-16(14)32(30-21)17-11-18-15(10-19(17)34-3)24-7-9-35-18/h4-5,10-13,24H,6-9H2,1-3H3,(H,26,30)(H,27,33)(H,25,28,29). The molecule has 4 heterocycles. The highest BCUT2D eigenvalue weighted by Crippen LogP contribution is 2.38. The quantitative estimate of drug-likeness (QED) is 0.299. The summed E-state index contributed by atoms with van der Waals surface area (Å²) < 4.78 is 13.4. The number of hydrogen-bond donors (Lipinski definition) is 4. The average Bonchev–Trinajstić information content (AvgIpc) is 3.22. The lowest BCUT2D eigenvalue weighted by Crippen LogP contribution is -2.21. The molecule has 0 saturated heterocycles. The van der Waals surface area contributed by atoms with Gasteiger partial charge >= 0.3 is 0 Å². The number of methoxy groups -OCH3 is 1. The summed E-state index contributed by atoms with van der Waals surface area (Å²) in [6.07, 6.45) is 4.70. The van der Waals surface area contributed by atoms with Crippen molar-refractivity contribution in [1.82, 2.24) is 29.6 Å². The fourth-order valence-corrected chi connectivity index (χ4v) is 3.84. The second-order valence-electron chi connectivity index (χ2n) is 8.26. The molecule has 1 aromatic carbocycles. The van der Waals surface area contributed by atoms with Crippen molar-refractivity contribution in [3.8, 4) is 17.2 Å². The number of likely N-dealkylation sites (N-methyl/N-ethyl adjacent to an activating group) is 1. The van der Waals surface area contributed by atoms with Gasteiger partial charge in [-0.15, -0.1) is 5.10 Å². The van der Waals surface area contributed by atoms with Crippen molar-refractivity contribution in [1.29, 1.82) is 0 Å². The van der Waals surface area contributed by atoms with Gasteiger partial charge in [-0.05, 0) is 14.1 Å². The van der Waals surface area contributed by atoms with Gasteiger partial charge in [-0.2, -0.15) is 0 Å². The maximum absolute atomic E-state index is 12.1. The maximum atomic E-state index is 12.1. The van der Waals surface area contributed by atoms with E-state index in [4.69, 9.17) is 14.6 Å². The first-order valence-electron chi connectivity index (χ1n) is 11.2. The fraction of sp³-hybridized carbons (Fsp3) is 0.304. The Morgan fingerprint density at radius 1 is 1.23 bits per heavy atom. The van der Waals surface area contributed by atoms with Gasteiger partial charge in [0.25, 0.3) is 5.56 Å². The highest BCUT2D eigenvalue weighted by atomic mass is 16.5. The molecule has 0 bridgehead atoms. The van der Waals surface area contributed by atoms with Gasteiger partial charge in [0.2, 0.25) is 0 Å². The van der Waals surface area contributed by atoms with E-state index >= 15 is 0 Å². The predicted molar refractivity (Wildman–Crippen MR) is 135 cm³/mol. The van der Waals surface area contributed by atoms with Gasteiger partial charge in [0, 0.05) is 56.4 Å². The zero-order valence-corrected chi connectivity index (χ0v) is 19.8. The summed E-state index contributed by atoms with van der Waals surface area (Å²) in [7, 11) is 5.66. The zero-order chi connectivity index (χ0) is 24.4. The van der Waals surface area contributed by atoms with Gasteiger partial charge in [-0.3, -0.25) is 4.79 Å². The van der Waals surface area contributed by atoms with Gasteiger partial charge in [-0.25, -0.2) is 14.6 Å². The smallest absolute Gasteiger partial charge is 0.291 e.